The van der Waals surface area contributed by atoms with Gasteiger partial charge in [-0.2, -0.15) is 0 Å². The van der Waals surface area contributed by atoms with Crippen LogP contribution in [0.5, 0.6) is 0 Å². The molecule has 1 fully saturated rings. The summed E-state index contributed by atoms with van der Waals surface area (Å²) in [5.74, 6) is 1.17. The Bertz CT molecular complexity index is 317. The number of hydrogen-bond acceptors (Lipinski definition) is 2. The van der Waals surface area contributed by atoms with Crippen molar-refractivity contribution in [1.82, 2.24) is 5.32 Å². The van der Waals surface area contributed by atoms with Gasteiger partial charge >= 0.3 is 0 Å². The van der Waals surface area contributed by atoms with Crippen LogP contribution in [-0.2, 0) is 0 Å². The van der Waals surface area contributed by atoms with Gasteiger partial charge in [-0.05, 0) is 30.4 Å². The van der Waals surface area contributed by atoms with E-state index in [1.165, 1.54) is 42.9 Å². The Kier molecular flexibility index (Phi) is 4.93. The van der Waals surface area contributed by atoms with Crippen molar-refractivity contribution in [2.24, 2.45) is 5.41 Å². The largest absolute Gasteiger partial charge is 0.315 e. The first-order valence-electron chi connectivity index (χ1n) is 6.67. The maximum Gasteiger partial charge on any atom is 0.0106 e. The topological polar surface area (TPSA) is 12.0 Å². The summed E-state index contributed by atoms with van der Waals surface area (Å²) in [5.41, 5.74) is 0.581. The van der Waals surface area contributed by atoms with Gasteiger partial charge in [-0.1, -0.05) is 38.0 Å². The van der Waals surface area contributed by atoms with Gasteiger partial charge in [0, 0.05) is 23.7 Å². The zero-order chi connectivity index (χ0) is 12.0. The second-order valence-electron chi connectivity index (χ2n) is 5.36. The zero-order valence-electron chi connectivity index (χ0n) is 10.7. The molecule has 2 heteroatoms. The molecule has 0 radical (unpaired) electrons. The van der Waals surface area contributed by atoms with Gasteiger partial charge in [-0.25, -0.2) is 0 Å². The monoisotopic (exact) mass is 249 g/mol. The predicted octanol–water partition coefficient (Wildman–Crippen LogP) is 3.95. The third-order valence-corrected chi connectivity index (χ3v) is 4.67. The summed E-state index contributed by atoms with van der Waals surface area (Å²) >= 11 is 1.94. The molecule has 17 heavy (non-hydrogen) atoms. The van der Waals surface area contributed by atoms with Gasteiger partial charge in [0.05, 0.1) is 0 Å². The highest BCUT2D eigenvalue weighted by atomic mass is 32.2. The quantitative estimate of drug-likeness (QED) is 0.605. The molecular weight excluding hydrogens is 226 g/mol. The summed E-state index contributed by atoms with van der Waals surface area (Å²) in [5, 5.41) is 3.62. The van der Waals surface area contributed by atoms with E-state index >= 15 is 0 Å². The summed E-state index contributed by atoms with van der Waals surface area (Å²) in [6.45, 7) is 4.74. The van der Waals surface area contributed by atoms with Gasteiger partial charge in [0.2, 0.25) is 0 Å². The van der Waals surface area contributed by atoms with Gasteiger partial charge in [0.15, 0.2) is 0 Å². The molecular formula is C15H23NS. The first kappa shape index (κ1) is 13.0. The SMILES string of the molecule is CC1(CNCCSc2ccccc2)CCCC1. The molecule has 0 bridgehead atoms. The molecule has 0 atom stereocenters. The van der Waals surface area contributed by atoms with Crippen molar-refractivity contribution in [3.63, 3.8) is 0 Å². The lowest BCUT2D eigenvalue weighted by molar-refractivity contribution is 0.319. The van der Waals surface area contributed by atoms with E-state index < -0.39 is 0 Å². The van der Waals surface area contributed by atoms with Crippen LogP contribution < -0.4 is 5.32 Å². The fourth-order valence-corrected chi connectivity index (χ4v) is 3.38. The zero-order valence-corrected chi connectivity index (χ0v) is 11.6. The summed E-state index contributed by atoms with van der Waals surface area (Å²) in [6.07, 6.45) is 5.67. The van der Waals surface area contributed by atoms with Crippen molar-refractivity contribution in [2.45, 2.75) is 37.5 Å². The smallest absolute Gasteiger partial charge is 0.0106 e. The molecule has 0 unspecified atom stereocenters. The van der Waals surface area contributed by atoms with E-state index in [2.05, 4.69) is 42.6 Å². The second kappa shape index (κ2) is 6.46. The Hall–Kier alpha value is -0.470. The van der Waals surface area contributed by atoms with E-state index in [4.69, 9.17) is 0 Å². The average molecular weight is 249 g/mol. The van der Waals surface area contributed by atoms with Crippen LogP contribution in [0, 0.1) is 5.41 Å². The number of thioether (sulfide) groups is 1. The van der Waals surface area contributed by atoms with Crippen LogP contribution in [0.25, 0.3) is 0 Å². The van der Waals surface area contributed by atoms with Crippen molar-refractivity contribution in [3.05, 3.63) is 30.3 Å². The summed E-state index contributed by atoms with van der Waals surface area (Å²) in [7, 11) is 0. The van der Waals surface area contributed by atoms with Crippen LogP contribution in [0.15, 0.2) is 35.2 Å². The molecule has 1 saturated carbocycles. The van der Waals surface area contributed by atoms with Crippen molar-refractivity contribution in [2.75, 3.05) is 18.8 Å². The molecule has 1 nitrogen and oxygen atoms in total. The molecule has 1 N–H and O–H groups in total. The average Bonchev–Trinajstić information content (AvgIpc) is 2.77. The molecule has 0 heterocycles. The van der Waals surface area contributed by atoms with E-state index in [-0.39, 0.29) is 0 Å². The number of nitrogens with one attached hydrogen (secondary N) is 1. The van der Waals surface area contributed by atoms with E-state index in [1.54, 1.807) is 0 Å². The molecule has 1 aliphatic carbocycles. The van der Waals surface area contributed by atoms with E-state index in [0.29, 0.717) is 5.41 Å². The van der Waals surface area contributed by atoms with E-state index in [0.717, 1.165) is 6.54 Å². The minimum absolute atomic E-state index is 0.581. The molecule has 0 aromatic heterocycles. The molecule has 94 valence electrons. The fraction of sp³-hybridized carbons (Fsp3) is 0.600. The van der Waals surface area contributed by atoms with Crippen molar-refractivity contribution in [1.29, 1.82) is 0 Å². The highest BCUT2D eigenvalue weighted by molar-refractivity contribution is 7.99. The molecule has 1 aromatic rings. The molecule has 1 aromatic carbocycles. The van der Waals surface area contributed by atoms with Gasteiger partial charge in [0.1, 0.15) is 0 Å². The van der Waals surface area contributed by atoms with Crippen LogP contribution >= 0.6 is 11.8 Å². The van der Waals surface area contributed by atoms with Crippen LogP contribution in [0.3, 0.4) is 0 Å². The molecule has 2 rings (SSSR count). The van der Waals surface area contributed by atoms with Crippen LogP contribution in [-0.4, -0.2) is 18.8 Å². The van der Waals surface area contributed by atoms with Crippen LogP contribution in [0.1, 0.15) is 32.6 Å². The van der Waals surface area contributed by atoms with E-state index in [1.807, 2.05) is 11.8 Å². The lowest BCUT2D eigenvalue weighted by Gasteiger charge is -2.23. The normalized spacial score (nSPS) is 18.4. The number of benzene rings is 1. The third-order valence-electron chi connectivity index (χ3n) is 3.65. The Morgan fingerprint density at radius 2 is 1.88 bits per heavy atom. The molecule has 0 amide bonds. The number of rotatable bonds is 6. The standard InChI is InChI=1S/C15H23NS/c1-15(9-5-6-10-15)13-16-11-12-17-14-7-3-2-4-8-14/h2-4,7-8,16H,5-6,9-13H2,1H3. The third kappa shape index (κ3) is 4.36. The van der Waals surface area contributed by atoms with Crippen molar-refractivity contribution >= 4 is 11.8 Å². The Morgan fingerprint density at radius 1 is 1.18 bits per heavy atom. The Morgan fingerprint density at radius 3 is 2.59 bits per heavy atom. The Balaban J connectivity index is 1.58. The highest BCUT2D eigenvalue weighted by Crippen LogP contribution is 2.36. The molecule has 1 aliphatic rings. The van der Waals surface area contributed by atoms with Crippen LogP contribution in [0.2, 0.25) is 0 Å². The van der Waals surface area contributed by atoms with Gasteiger partial charge < -0.3 is 5.32 Å². The maximum absolute atomic E-state index is 3.62. The first-order chi connectivity index (χ1) is 8.29. The van der Waals surface area contributed by atoms with Gasteiger partial charge in [-0.3, -0.25) is 0 Å². The predicted molar refractivity (Wildman–Crippen MR) is 76.6 cm³/mol. The lowest BCUT2D eigenvalue weighted by Crippen LogP contribution is -2.30. The molecule has 0 spiro atoms. The summed E-state index contributed by atoms with van der Waals surface area (Å²) in [4.78, 5) is 1.38. The fourth-order valence-electron chi connectivity index (χ4n) is 2.55. The van der Waals surface area contributed by atoms with Gasteiger partial charge in [-0.15, -0.1) is 11.8 Å². The number of hydrogen-bond donors (Lipinski definition) is 1. The van der Waals surface area contributed by atoms with E-state index in [9.17, 15) is 0 Å². The first-order valence-corrected chi connectivity index (χ1v) is 7.66. The summed E-state index contributed by atoms with van der Waals surface area (Å²) < 4.78 is 0. The summed E-state index contributed by atoms with van der Waals surface area (Å²) in [6, 6.07) is 10.7. The van der Waals surface area contributed by atoms with Crippen molar-refractivity contribution in [3.8, 4) is 0 Å². The molecule has 0 saturated heterocycles. The minimum atomic E-state index is 0.581. The Labute approximate surface area is 109 Å². The minimum Gasteiger partial charge on any atom is -0.315 e. The van der Waals surface area contributed by atoms with Gasteiger partial charge in [0.25, 0.3) is 0 Å². The van der Waals surface area contributed by atoms with Crippen molar-refractivity contribution < 1.29 is 0 Å². The second-order valence-corrected chi connectivity index (χ2v) is 6.52. The molecule has 0 aliphatic heterocycles. The lowest BCUT2D eigenvalue weighted by atomic mass is 9.89. The van der Waals surface area contributed by atoms with Crippen LogP contribution in [0.4, 0.5) is 0 Å². The maximum atomic E-state index is 3.62. The highest BCUT2D eigenvalue weighted by Gasteiger charge is 2.27.